The fraction of sp³-hybridized carbons (Fsp3) is 0.529. The van der Waals surface area contributed by atoms with Crippen LogP contribution in [0.25, 0.3) is 0 Å². The number of hydrogen-bond donors (Lipinski definition) is 0. The molecule has 1 heterocycles. The molecule has 0 spiro atoms. The fourth-order valence-electron chi connectivity index (χ4n) is 3.03. The van der Waals surface area contributed by atoms with Crippen LogP contribution < -0.4 is 0 Å². The molecule has 1 fully saturated rings. The number of carbonyl (C=O) groups excluding carboxylic acids is 2. The average molecular weight is 353 g/mol. The van der Waals surface area contributed by atoms with Crippen molar-refractivity contribution >= 4 is 21.7 Å². The van der Waals surface area contributed by atoms with Crippen LogP contribution in [0.15, 0.2) is 35.2 Å². The SMILES string of the molecule is CCOC(=O)C[C@H]1[C@H](S(=O)(=O)c2ccccc2)C(=O)N1C(C)(C)C. The Bertz CT molecular complexity index is 721. The summed E-state index contributed by atoms with van der Waals surface area (Å²) in [5.41, 5.74) is -0.572. The first-order chi connectivity index (χ1) is 11.1. The van der Waals surface area contributed by atoms with Crippen molar-refractivity contribution in [2.45, 2.75) is 55.8 Å². The Morgan fingerprint density at radius 1 is 1.21 bits per heavy atom. The summed E-state index contributed by atoms with van der Waals surface area (Å²) in [5.74, 6) is -0.974. The zero-order valence-corrected chi connectivity index (χ0v) is 15.2. The first-order valence-electron chi connectivity index (χ1n) is 7.88. The molecule has 1 saturated heterocycles. The van der Waals surface area contributed by atoms with Crippen LogP contribution in [0.4, 0.5) is 0 Å². The molecule has 1 aromatic carbocycles. The third-order valence-electron chi connectivity index (χ3n) is 3.97. The Balaban J connectivity index is 2.37. The van der Waals surface area contributed by atoms with Crippen LogP contribution >= 0.6 is 0 Å². The van der Waals surface area contributed by atoms with Crippen LogP contribution in [0.2, 0.25) is 0 Å². The molecule has 2 atom stereocenters. The van der Waals surface area contributed by atoms with Gasteiger partial charge in [-0.1, -0.05) is 18.2 Å². The fourth-order valence-corrected chi connectivity index (χ4v) is 4.87. The predicted molar refractivity (Wildman–Crippen MR) is 89.1 cm³/mol. The van der Waals surface area contributed by atoms with Gasteiger partial charge in [0, 0.05) is 5.54 Å². The quantitative estimate of drug-likeness (QED) is 0.595. The van der Waals surface area contributed by atoms with Crippen molar-refractivity contribution in [3.8, 4) is 0 Å². The number of likely N-dealkylation sites (tertiary alicyclic amines) is 1. The maximum atomic E-state index is 12.8. The summed E-state index contributed by atoms with van der Waals surface area (Å²) in [7, 11) is -3.85. The Morgan fingerprint density at radius 2 is 1.79 bits per heavy atom. The van der Waals surface area contributed by atoms with Gasteiger partial charge in [0.05, 0.1) is 24.0 Å². The first-order valence-corrected chi connectivity index (χ1v) is 9.43. The van der Waals surface area contributed by atoms with E-state index in [1.165, 1.54) is 17.0 Å². The number of rotatable bonds is 5. The van der Waals surface area contributed by atoms with Crippen LogP contribution in [0.3, 0.4) is 0 Å². The molecule has 1 amide bonds. The molecule has 2 rings (SSSR count). The molecule has 0 aliphatic carbocycles. The minimum absolute atomic E-state index is 0.0887. The number of carbonyl (C=O) groups is 2. The molecule has 0 saturated carbocycles. The number of amides is 1. The van der Waals surface area contributed by atoms with Gasteiger partial charge in [-0.2, -0.15) is 0 Å². The van der Waals surface area contributed by atoms with Gasteiger partial charge in [-0.05, 0) is 39.8 Å². The molecule has 0 N–H and O–H groups in total. The number of β-lactam (4-membered cyclic amide) rings is 1. The lowest BCUT2D eigenvalue weighted by molar-refractivity contribution is -0.158. The minimum Gasteiger partial charge on any atom is -0.466 e. The highest BCUT2D eigenvalue weighted by molar-refractivity contribution is 7.93. The van der Waals surface area contributed by atoms with E-state index in [1.54, 1.807) is 25.1 Å². The second-order valence-corrected chi connectivity index (χ2v) is 8.80. The zero-order chi connectivity index (χ0) is 18.1. The molecule has 1 aromatic rings. The molecule has 132 valence electrons. The van der Waals surface area contributed by atoms with Crippen molar-refractivity contribution in [1.29, 1.82) is 0 Å². The molecule has 6 nitrogen and oxygen atoms in total. The van der Waals surface area contributed by atoms with Gasteiger partial charge in [0.2, 0.25) is 5.91 Å². The maximum Gasteiger partial charge on any atom is 0.307 e. The molecule has 1 aliphatic rings. The highest BCUT2D eigenvalue weighted by atomic mass is 32.2. The highest BCUT2D eigenvalue weighted by Gasteiger charge is 2.58. The van der Waals surface area contributed by atoms with E-state index in [2.05, 4.69) is 0 Å². The number of ether oxygens (including phenoxy) is 1. The van der Waals surface area contributed by atoms with E-state index in [4.69, 9.17) is 4.74 Å². The van der Waals surface area contributed by atoms with Crippen molar-refractivity contribution in [1.82, 2.24) is 4.90 Å². The highest BCUT2D eigenvalue weighted by Crippen LogP contribution is 2.38. The Kier molecular flexibility index (Phi) is 5.03. The maximum absolute atomic E-state index is 12.8. The van der Waals surface area contributed by atoms with Crippen molar-refractivity contribution in [2.24, 2.45) is 0 Å². The number of sulfone groups is 1. The summed E-state index contributed by atoms with van der Waals surface area (Å²) in [4.78, 5) is 26.0. The summed E-state index contributed by atoms with van der Waals surface area (Å²) >= 11 is 0. The predicted octanol–water partition coefficient (Wildman–Crippen LogP) is 1.79. The topological polar surface area (TPSA) is 80.8 Å². The Hall–Kier alpha value is -1.89. The smallest absolute Gasteiger partial charge is 0.307 e. The summed E-state index contributed by atoms with van der Waals surface area (Å²) in [6.45, 7) is 7.34. The van der Waals surface area contributed by atoms with Gasteiger partial charge in [0.25, 0.3) is 0 Å². The number of nitrogens with zero attached hydrogens (tertiary/aromatic N) is 1. The lowest BCUT2D eigenvalue weighted by Gasteiger charge is -2.52. The van der Waals surface area contributed by atoms with E-state index in [1.807, 2.05) is 20.8 Å². The monoisotopic (exact) mass is 353 g/mol. The molecule has 0 aromatic heterocycles. The van der Waals surface area contributed by atoms with Crippen molar-refractivity contribution in [3.63, 3.8) is 0 Å². The van der Waals surface area contributed by atoms with Gasteiger partial charge in [-0.3, -0.25) is 9.59 Å². The third-order valence-corrected chi connectivity index (χ3v) is 6.09. The normalized spacial score (nSPS) is 21.3. The van der Waals surface area contributed by atoms with E-state index in [0.717, 1.165) is 0 Å². The molecule has 0 unspecified atom stereocenters. The minimum atomic E-state index is -3.85. The largest absolute Gasteiger partial charge is 0.466 e. The standard InChI is InChI=1S/C17H23NO5S/c1-5-23-14(19)11-13-15(16(20)18(13)17(2,3)4)24(21,22)12-9-7-6-8-10-12/h6-10,13,15H,5,11H2,1-4H3/t13-,15-/m0/s1. The second-order valence-electron chi connectivity index (χ2n) is 6.73. The average Bonchev–Trinajstić information content (AvgIpc) is 2.46. The zero-order valence-electron chi connectivity index (χ0n) is 14.4. The van der Waals surface area contributed by atoms with Crippen LogP contribution in [0, 0.1) is 0 Å². The Labute approximate surface area is 142 Å². The van der Waals surface area contributed by atoms with Gasteiger partial charge >= 0.3 is 5.97 Å². The van der Waals surface area contributed by atoms with Gasteiger partial charge in [-0.15, -0.1) is 0 Å². The van der Waals surface area contributed by atoms with Crippen LogP contribution in [0.1, 0.15) is 34.1 Å². The van der Waals surface area contributed by atoms with E-state index >= 15 is 0 Å². The van der Waals surface area contributed by atoms with Crippen LogP contribution in [0.5, 0.6) is 0 Å². The van der Waals surface area contributed by atoms with Crippen molar-refractivity contribution in [3.05, 3.63) is 30.3 Å². The molecule has 1 aliphatic heterocycles. The lowest BCUT2D eigenvalue weighted by atomic mass is 9.90. The molecule has 24 heavy (non-hydrogen) atoms. The molecule has 0 radical (unpaired) electrons. The number of esters is 1. The number of benzene rings is 1. The summed E-state index contributed by atoms with van der Waals surface area (Å²) in [6.07, 6.45) is -0.131. The van der Waals surface area contributed by atoms with Crippen molar-refractivity contribution < 1.29 is 22.7 Å². The third kappa shape index (κ3) is 3.31. The lowest BCUT2D eigenvalue weighted by Crippen LogP contribution is -2.72. The Morgan fingerprint density at radius 3 is 2.29 bits per heavy atom. The summed E-state index contributed by atoms with van der Waals surface area (Å²) < 4.78 is 30.6. The van der Waals surface area contributed by atoms with E-state index < -0.39 is 38.5 Å². The summed E-state index contributed by atoms with van der Waals surface area (Å²) in [5, 5.41) is -1.25. The van der Waals surface area contributed by atoms with Gasteiger partial charge < -0.3 is 9.64 Å². The van der Waals surface area contributed by atoms with Crippen molar-refractivity contribution in [2.75, 3.05) is 6.61 Å². The summed E-state index contributed by atoms with van der Waals surface area (Å²) in [6, 6.07) is 7.13. The van der Waals surface area contributed by atoms with E-state index in [0.29, 0.717) is 0 Å². The van der Waals surface area contributed by atoms with E-state index in [9.17, 15) is 18.0 Å². The molecular weight excluding hydrogens is 330 g/mol. The second kappa shape index (κ2) is 6.55. The van der Waals surface area contributed by atoms with E-state index in [-0.39, 0.29) is 17.9 Å². The van der Waals surface area contributed by atoms with Crippen LogP contribution in [-0.4, -0.2) is 48.6 Å². The van der Waals surface area contributed by atoms with Crippen LogP contribution in [-0.2, 0) is 24.2 Å². The first kappa shape index (κ1) is 18.4. The molecule has 7 heteroatoms. The van der Waals surface area contributed by atoms with Gasteiger partial charge in [0.15, 0.2) is 15.1 Å². The van der Waals surface area contributed by atoms with Gasteiger partial charge in [0.1, 0.15) is 0 Å². The number of hydrogen-bond acceptors (Lipinski definition) is 5. The van der Waals surface area contributed by atoms with Gasteiger partial charge in [-0.25, -0.2) is 8.42 Å². The molecular formula is C17H23NO5S. The molecule has 0 bridgehead atoms.